The van der Waals surface area contributed by atoms with Crippen molar-refractivity contribution in [3.63, 3.8) is 0 Å². The first kappa shape index (κ1) is 13.8. The van der Waals surface area contributed by atoms with Gasteiger partial charge in [-0.05, 0) is 38.6 Å². The molecule has 4 nitrogen and oxygen atoms in total. The fourth-order valence-corrected chi connectivity index (χ4v) is 1.93. The van der Waals surface area contributed by atoms with Gasteiger partial charge in [-0.3, -0.25) is 0 Å². The predicted molar refractivity (Wildman–Crippen MR) is 74.1 cm³/mol. The van der Waals surface area contributed by atoms with Crippen LogP contribution in [0.1, 0.15) is 20.3 Å². The van der Waals surface area contributed by atoms with Crippen LogP contribution in [0.5, 0.6) is 0 Å². The second-order valence-corrected chi connectivity index (χ2v) is 5.18. The lowest BCUT2D eigenvalue weighted by atomic mass is 10.0. The number of pyridine rings is 1. The molecule has 4 heteroatoms. The van der Waals surface area contributed by atoms with E-state index in [9.17, 15) is 0 Å². The molecule has 17 heavy (non-hydrogen) atoms. The SMILES string of the molecule is CC(C)CC(CN(C)C)Nc1cccc(N)n1. The summed E-state index contributed by atoms with van der Waals surface area (Å²) in [5.74, 6) is 2.08. The van der Waals surface area contributed by atoms with E-state index in [4.69, 9.17) is 5.73 Å². The molecule has 96 valence electrons. The number of nitrogen functional groups attached to an aromatic ring is 1. The number of aromatic nitrogens is 1. The second kappa shape index (κ2) is 6.45. The van der Waals surface area contributed by atoms with Gasteiger partial charge in [0.1, 0.15) is 11.6 Å². The maximum absolute atomic E-state index is 5.68. The molecule has 0 saturated carbocycles. The Morgan fingerprint density at radius 3 is 2.59 bits per heavy atom. The predicted octanol–water partition coefficient (Wildman–Crippen LogP) is 2.05. The van der Waals surface area contributed by atoms with Crippen molar-refractivity contribution in [2.24, 2.45) is 5.92 Å². The lowest BCUT2D eigenvalue weighted by molar-refractivity contribution is 0.356. The van der Waals surface area contributed by atoms with Crippen molar-refractivity contribution in [2.45, 2.75) is 26.3 Å². The summed E-state index contributed by atoms with van der Waals surface area (Å²) in [7, 11) is 4.17. The number of hydrogen-bond donors (Lipinski definition) is 2. The average molecular weight is 236 g/mol. The normalized spacial score (nSPS) is 13.1. The van der Waals surface area contributed by atoms with Crippen LogP contribution in [0.2, 0.25) is 0 Å². The van der Waals surface area contributed by atoms with E-state index in [1.54, 1.807) is 6.07 Å². The molecule has 0 fully saturated rings. The molecule has 1 aromatic heterocycles. The first-order valence-corrected chi connectivity index (χ1v) is 6.11. The van der Waals surface area contributed by atoms with E-state index in [-0.39, 0.29) is 0 Å². The van der Waals surface area contributed by atoms with Crippen molar-refractivity contribution in [1.29, 1.82) is 0 Å². The van der Waals surface area contributed by atoms with Crippen molar-refractivity contribution in [3.8, 4) is 0 Å². The van der Waals surface area contributed by atoms with E-state index in [1.807, 2.05) is 12.1 Å². The molecule has 1 unspecified atom stereocenters. The van der Waals surface area contributed by atoms with Gasteiger partial charge in [-0.25, -0.2) is 4.98 Å². The summed E-state index contributed by atoms with van der Waals surface area (Å²) in [6.07, 6.45) is 1.12. The Morgan fingerprint density at radius 1 is 1.35 bits per heavy atom. The molecule has 0 amide bonds. The number of likely N-dealkylation sites (N-methyl/N-ethyl adjacent to an activating group) is 1. The second-order valence-electron chi connectivity index (χ2n) is 5.18. The largest absolute Gasteiger partial charge is 0.384 e. The highest BCUT2D eigenvalue weighted by Crippen LogP contribution is 2.13. The minimum Gasteiger partial charge on any atom is -0.384 e. The summed E-state index contributed by atoms with van der Waals surface area (Å²) in [4.78, 5) is 6.46. The zero-order valence-corrected chi connectivity index (χ0v) is 11.3. The van der Waals surface area contributed by atoms with Gasteiger partial charge in [0, 0.05) is 12.6 Å². The van der Waals surface area contributed by atoms with Gasteiger partial charge in [-0.1, -0.05) is 19.9 Å². The van der Waals surface area contributed by atoms with E-state index in [0.717, 1.165) is 18.8 Å². The third-order valence-corrected chi connectivity index (χ3v) is 2.46. The van der Waals surface area contributed by atoms with Crippen LogP contribution in [0.25, 0.3) is 0 Å². The Hall–Kier alpha value is -1.29. The number of rotatable bonds is 6. The summed E-state index contributed by atoms with van der Waals surface area (Å²) >= 11 is 0. The maximum Gasteiger partial charge on any atom is 0.128 e. The van der Waals surface area contributed by atoms with Crippen LogP contribution in [-0.4, -0.2) is 36.6 Å². The summed E-state index contributed by atoms with van der Waals surface area (Å²) in [6, 6.07) is 6.08. The zero-order chi connectivity index (χ0) is 12.8. The maximum atomic E-state index is 5.68. The van der Waals surface area contributed by atoms with Crippen LogP contribution < -0.4 is 11.1 Å². The highest BCUT2D eigenvalue weighted by Gasteiger charge is 2.12. The topological polar surface area (TPSA) is 54.2 Å². The molecular weight excluding hydrogens is 212 g/mol. The van der Waals surface area contributed by atoms with E-state index < -0.39 is 0 Å². The molecule has 0 spiro atoms. The lowest BCUT2D eigenvalue weighted by Crippen LogP contribution is -2.33. The van der Waals surface area contributed by atoms with Gasteiger partial charge in [0.15, 0.2) is 0 Å². The van der Waals surface area contributed by atoms with Crippen molar-refractivity contribution in [3.05, 3.63) is 18.2 Å². The highest BCUT2D eigenvalue weighted by molar-refractivity contribution is 5.42. The van der Waals surface area contributed by atoms with Crippen molar-refractivity contribution in [1.82, 2.24) is 9.88 Å². The minimum atomic E-state index is 0.402. The van der Waals surface area contributed by atoms with Gasteiger partial charge >= 0.3 is 0 Å². The Labute approximate surface area is 104 Å². The Morgan fingerprint density at radius 2 is 2.06 bits per heavy atom. The van der Waals surface area contributed by atoms with Crippen molar-refractivity contribution in [2.75, 3.05) is 31.7 Å². The van der Waals surface area contributed by atoms with Crippen LogP contribution in [-0.2, 0) is 0 Å². The molecule has 0 aliphatic carbocycles. The molecule has 1 heterocycles. The molecule has 0 aliphatic heterocycles. The van der Waals surface area contributed by atoms with E-state index in [0.29, 0.717) is 17.8 Å². The molecule has 1 rings (SSSR count). The van der Waals surface area contributed by atoms with Gasteiger partial charge in [0.25, 0.3) is 0 Å². The first-order chi connectivity index (χ1) is 7.97. The minimum absolute atomic E-state index is 0.402. The molecule has 1 aromatic rings. The van der Waals surface area contributed by atoms with Crippen LogP contribution in [0.3, 0.4) is 0 Å². The van der Waals surface area contributed by atoms with E-state index in [1.165, 1.54) is 0 Å². The fourth-order valence-electron chi connectivity index (χ4n) is 1.93. The van der Waals surface area contributed by atoms with Crippen molar-refractivity contribution < 1.29 is 0 Å². The standard InChI is InChI=1S/C13H24N4/c1-10(2)8-11(9-17(3)4)15-13-7-5-6-12(14)16-13/h5-7,10-11H,8-9H2,1-4H3,(H3,14,15,16). The number of nitrogens with one attached hydrogen (secondary N) is 1. The molecule has 0 aliphatic rings. The van der Waals surface area contributed by atoms with Crippen LogP contribution in [0.15, 0.2) is 18.2 Å². The summed E-state index contributed by atoms with van der Waals surface area (Å²) in [5.41, 5.74) is 5.68. The molecule has 1 atom stereocenters. The lowest BCUT2D eigenvalue weighted by Gasteiger charge is -2.24. The van der Waals surface area contributed by atoms with Gasteiger partial charge in [0.2, 0.25) is 0 Å². The molecule has 0 saturated heterocycles. The number of nitrogens with two attached hydrogens (primary N) is 1. The number of hydrogen-bond acceptors (Lipinski definition) is 4. The quantitative estimate of drug-likeness (QED) is 0.794. The molecular formula is C13H24N4. The van der Waals surface area contributed by atoms with E-state index in [2.05, 4.69) is 43.1 Å². The third-order valence-electron chi connectivity index (χ3n) is 2.46. The van der Waals surface area contributed by atoms with Gasteiger partial charge in [-0.2, -0.15) is 0 Å². The molecule has 0 radical (unpaired) electrons. The zero-order valence-electron chi connectivity index (χ0n) is 11.3. The van der Waals surface area contributed by atoms with Crippen LogP contribution in [0, 0.1) is 5.92 Å². The Kier molecular flexibility index (Phi) is 5.22. The first-order valence-electron chi connectivity index (χ1n) is 6.11. The molecule has 0 aromatic carbocycles. The summed E-state index contributed by atoms with van der Waals surface area (Å²) < 4.78 is 0. The summed E-state index contributed by atoms with van der Waals surface area (Å²) in [5, 5.41) is 3.45. The van der Waals surface area contributed by atoms with Gasteiger partial charge in [-0.15, -0.1) is 0 Å². The summed E-state index contributed by atoms with van der Waals surface area (Å²) in [6.45, 7) is 5.46. The van der Waals surface area contributed by atoms with Crippen LogP contribution in [0.4, 0.5) is 11.6 Å². The van der Waals surface area contributed by atoms with Gasteiger partial charge in [0.05, 0.1) is 0 Å². The molecule has 3 N–H and O–H groups in total. The third kappa shape index (κ3) is 5.54. The molecule has 0 bridgehead atoms. The van der Waals surface area contributed by atoms with Crippen LogP contribution >= 0.6 is 0 Å². The smallest absolute Gasteiger partial charge is 0.128 e. The highest BCUT2D eigenvalue weighted by atomic mass is 15.1. The Bertz CT molecular complexity index is 326. The van der Waals surface area contributed by atoms with Gasteiger partial charge < -0.3 is 16.0 Å². The number of nitrogens with zero attached hydrogens (tertiary/aromatic N) is 2. The van der Waals surface area contributed by atoms with Crippen molar-refractivity contribution >= 4 is 11.6 Å². The fraction of sp³-hybridized carbons (Fsp3) is 0.615. The average Bonchev–Trinajstić information content (AvgIpc) is 2.14. The van der Waals surface area contributed by atoms with E-state index >= 15 is 0 Å². The monoisotopic (exact) mass is 236 g/mol. The number of anilines is 2. The Balaban J connectivity index is 2.64.